The van der Waals surface area contributed by atoms with E-state index in [4.69, 9.17) is 4.74 Å². The lowest BCUT2D eigenvalue weighted by atomic mass is 9.92. The number of anilines is 1. The number of carbonyl (C=O) groups is 1. The third-order valence-corrected chi connectivity index (χ3v) is 3.41. The molecule has 1 aliphatic rings. The standard InChI is InChI=1S/C14H22N4O3/c1-6-21-12-11(19)18(13(20)17(12)5)10-7-9(14(2,3)4)15-8-16-10/h7-8,11-12,19H,6H2,1-5H3. The van der Waals surface area contributed by atoms with Crippen LogP contribution in [0.5, 0.6) is 0 Å². The van der Waals surface area contributed by atoms with E-state index in [1.807, 2.05) is 27.7 Å². The second-order valence-electron chi connectivity index (χ2n) is 6.03. The fourth-order valence-corrected chi connectivity index (χ4v) is 2.21. The van der Waals surface area contributed by atoms with Crippen molar-refractivity contribution in [1.82, 2.24) is 14.9 Å². The highest BCUT2D eigenvalue weighted by Crippen LogP contribution is 2.28. The number of ether oxygens (including phenoxy) is 1. The molecule has 2 amide bonds. The van der Waals surface area contributed by atoms with Crippen molar-refractivity contribution >= 4 is 11.8 Å². The highest BCUT2D eigenvalue weighted by Gasteiger charge is 2.45. The van der Waals surface area contributed by atoms with Crippen LogP contribution in [0.3, 0.4) is 0 Å². The normalized spacial score (nSPS) is 23.0. The van der Waals surface area contributed by atoms with Gasteiger partial charge in [-0.15, -0.1) is 0 Å². The smallest absolute Gasteiger partial charge is 0.329 e. The van der Waals surface area contributed by atoms with Crippen LogP contribution in [0.25, 0.3) is 0 Å². The maximum absolute atomic E-state index is 12.3. The monoisotopic (exact) mass is 294 g/mol. The first-order valence-electron chi connectivity index (χ1n) is 6.95. The Balaban J connectivity index is 2.36. The second kappa shape index (κ2) is 5.57. The predicted molar refractivity (Wildman–Crippen MR) is 77.8 cm³/mol. The number of aromatic nitrogens is 2. The molecule has 1 saturated heterocycles. The lowest BCUT2D eigenvalue weighted by molar-refractivity contribution is -0.0688. The van der Waals surface area contributed by atoms with Gasteiger partial charge in [-0.1, -0.05) is 20.8 Å². The molecule has 1 aliphatic heterocycles. The average Bonchev–Trinajstić information content (AvgIpc) is 2.62. The van der Waals surface area contributed by atoms with Crippen molar-refractivity contribution in [3.8, 4) is 0 Å². The first kappa shape index (κ1) is 15.7. The summed E-state index contributed by atoms with van der Waals surface area (Å²) < 4.78 is 5.42. The summed E-state index contributed by atoms with van der Waals surface area (Å²) >= 11 is 0. The Kier molecular flexibility index (Phi) is 4.15. The lowest BCUT2D eigenvalue weighted by Crippen LogP contribution is -2.39. The molecule has 1 aromatic rings. The Morgan fingerprint density at radius 2 is 2.05 bits per heavy atom. The first-order chi connectivity index (χ1) is 9.77. The quantitative estimate of drug-likeness (QED) is 0.909. The Bertz CT molecular complexity index is 529. The molecule has 1 aromatic heterocycles. The van der Waals surface area contributed by atoms with Crippen molar-refractivity contribution in [2.75, 3.05) is 18.6 Å². The molecule has 21 heavy (non-hydrogen) atoms. The largest absolute Gasteiger partial charge is 0.369 e. The number of urea groups is 1. The summed E-state index contributed by atoms with van der Waals surface area (Å²) in [6.07, 6.45) is -0.384. The Morgan fingerprint density at radius 3 is 2.62 bits per heavy atom. The molecule has 0 aliphatic carbocycles. The average molecular weight is 294 g/mol. The minimum absolute atomic E-state index is 0.170. The van der Waals surface area contributed by atoms with Crippen LogP contribution in [-0.2, 0) is 10.2 Å². The zero-order valence-electron chi connectivity index (χ0n) is 13.1. The summed E-state index contributed by atoms with van der Waals surface area (Å²) in [6.45, 7) is 8.30. The number of hydrogen-bond acceptors (Lipinski definition) is 5. The van der Waals surface area contributed by atoms with Gasteiger partial charge in [0.15, 0.2) is 12.5 Å². The van der Waals surface area contributed by atoms with Crippen LogP contribution in [0.1, 0.15) is 33.4 Å². The van der Waals surface area contributed by atoms with Crippen LogP contribution in [0, 0.1) is 0 Å². The van der Waals surface area contributed by atoms with Crippen molar-refractivity contribution < 1.29 is 14.6 Å². The zero-order chi connectivity index (χ0) is 15.8. The highest BCUT2D eigenvalue weighted by molar-refractivity contribution is 5.93. The molecule has 0 spiro atoms. The molecule has 7 heteroatoms. The maximum atomic E-state index is 12.3. The molecular weight excluding hydrogens is 272 g/mol. The molecule has 1 N–H and O–H groups in total. The molecule has 0 saturated carbocycles. The third kappa shape index (κ3) is 2.84. The number of aliphatic hydroxyl groups is 1. The Hall–Kier alpha value is -1.73. The fraction of sp³-hybridized carbons (Fsp3) is 0.643. The summed E-state index contributed by atoms with van der Waals surface area (Å²) in [4.78, 5) is 23.3. The van der Waals surface area contributed by atoms with E-state index < -0.39 is 12.5 Å². The minimum atomic E-state index is -1.09. The number of hydrogen-bond donors (Lipinski definition) is 1. The Labute approximate surface area is 124 Å². The Morgan fingerprint density at radius 1 is 1.38 bits per heavy atom. The van der Waals surface area contributed by atoms with Crippen molar-refractivity contribution in [1.29, 1.82) is 0 Å². The van der Waals surface area contributed by atoms with Gasteiger partial charge in [-0.25, -0.2) is 19.7 Å². The minimum Gasteiger partial charge on any atom is -0.369 e. The number of nitrogens with zero attached hydrogens (tertiary/aromatic N) is 4. The van der Waals surface area contributed by atoms with E-state index in [2.05, 4.69) is 9.97 Å². The number of rotatable bonds is 3. The summed E-state index contributed by atoms with van der Waals surface area (Å²) in [7, 11) is 1.59. The van der Waals surface area contributed by atoms with E-state index in [0.717, 1.165) is 5.69 Å². The topological polar surface area (TPSA) is 78.8 Å². The van der Waals surface area contributed by atoms with E-state index in [0.29, 0.717) is 12.4 Å². The van der Waals surface area contributed by atoms with Gasteiger partial charge in [-0.05, 0) is 6.92 Å². The van der Waals surface area contributed by atoms with Crippen molar-refractivity contribution in [3.05, 3.63) is 18.1 Å². The van der Waals surface area contributed by atoms with Crippen LogP contribution in [0.4, 0.5) is 10.6 Å². The molecule has 0 aromatic carbocycles. The molecule has 2 atom stereocenters. The molecule has 0 bridgehead atoms. The lowest BCUT2D eigenvalue weighted by Gasteiger charge is -2.23. The third-order valence-electron chi connectivity index (χ3n) is 3.41. The van der Waals surface area contributed by atoms with Gasteiger partial charge in [0.1, 0.15) is 12.1 Å². The molecule has 2 heterocycles. The van der Waals surface area contributed by atoms with E-state index in [9.17, 15) is 9.90 Å². The highest BCUT2D eigenvalue weighted by atomic mass is 16.5. The number of likely N-dealkylation sites (N-methyl/N-ethyl adjacent to an activating group) is 1. The van der Waals surface area contributed by atoms with Crippen LogP contribution in [0.2, 0.25) is 0 Å². The van der Waals surface area contributed by atoms with E-state index >= 15 is 0 Å². The summed E-state index contributed by atoms with van der Waals surface area (Å²) in [6, 6.07) is 1.38. The van der Waals surface area contributed by atoms with Crippen LogP contribution in [0.15, 0.2) is 12.4 Å². The summed E-state index contributed by atoms with van der Waals surface area (Å²) in [5.41, 5.74) is 0.631. The van der Waals surface area contributed by atoms with Gasteiger partial charge in [0.2, 0.25) is 0 Å². The number of aliphatic hydroxyl groups excluding tert-OH is 1. The summed E-state index contributed by atoms with van der Waals surface area (Å²) in [5, 5.41) is 10.3. The van der Waals surface area contributed by atoms with Crippen molar-refractivity contribution in [3.63, 3.8) is 0 Å². The van der Waals surface area contributed by atoms with Gasteiger partial charge in [0.25, 0.3) is 0 Å². The van der Waals surface area contributed by atoms with Crippen LogP contribution >= 0.6 is 0 Å². The fourth-order valence-electron chi connectivity index (χ4n) is 2.21. The van der Waals surface area contributed by atoms with Crippen LogP contribution < -0.4 is 4.90 Å². The predicted octanol–water partition coefficient (Wildman–Crippen LogP) is 1.33. The molecule has 116 valence electrons. The number of carbonyl (C=O) groups excluding carboxylic acids is 1. The second-order valence-corrected chi connectivity index (χ2v) is 6.03. The number of amides is 2. The molecular formula is C14H22N4O3. The van der Waals surface area contributed by atoms with E-state index in [1.165, 1.54) is 16.1 Å². The van der Waals surface area contributed by atoms with Gasteiger partial charge in [0, 0.05) is 25.1 Å². The maximum Gasteiger partial charge on any atom is 0.329 e. The van der Waals surface area contributed by atoms with Crippen molar-refractivity contribution in [2.45, 2.75) is 45.6 Å². The molecule has 2 unspecified atom stereocenters. The van der Waals surface area contributed by atoms with Crippen molar-refractivity contribution in [2.24, 2.45) is 0 Å². The molecule has 7 nitrogen and oxygen atoms in total. The SMILES string of the molecule is CCOC1C(O)N(c2cc(C(C)(C)C)ncn2)C(=O)N1C. The van der Waals surface area contributed by atoms with E-state index in [1.54, 1.807) is 13.1 Å². The van der Waals surface area contributed by atoms with Gasteiger partial charge in [-0.3, -0.25) is 4.90 Å². The molecule has 1 fully saturated rings. The van der Waals surface area contributed by atoms with Gasteiger partial charge < -0.3 is 9.84 Å². The van der Waals surface area contributed by atoms with Gasteiger partial charge >= 0.3 is 6.03 Å². The van der Waals surface area contributed by atoms with Gasteiger partial charge in [-0.2, -0.15) is 0 Å². The first-order valence-corrected chi connectivity index (χ1v) is 6.95. The van der Waals surface area contributed by atoms with E-state index in [-0.39, 0.29) is 11.4 Å². The molecule has 0 radical (unpaired) electrons. The summed E-state index contributed by atoms with van der Waals surface area (Å²) in [5.74, 6) is 0.376. The van der Waals surface area contributed by atoms with Crippen LogP contribution in [-0.4, -0.2) is 52.1 Å². The molecule has 2 rings (SSSR count). The van der Waals surface area contributed by atoms with Gasteiger partial charge in [0.05, 0.1) is 5.69 Å². The zero-order valence-corrected chi connectivity index (χ0v) is 13.1.